The number of thiocarbonyl (C=S) groups is 1. The Labute approximate surface area is 201 Å². The normalized spacial score (nSPS) is 18.0. The molecular formula is C24H25BrN4O2S. The SMILES string of the molecule is CCOC(=O)CN1C(=S)N[C@H](c2ccccn2)[C@@H]1c1cc(C)n(-c2ccccc2Br)c1C. The van der Waals surface area contributed by atoms with Crippen LogP contribution in [0.1, 0.15) is 41.7 Å². The lowest BCUT2D eigenvalue weighted by Gasteiger charge is -2.27. The standard InChI is InChI=1S/C24H25BrN4O2S/c1-4-31-21(30)14-28-23(22(27-24(28)32)19-10-7-8-12-26-19)17-13-15(2)29(16(17)3)20-11-6-5-9-18(20)25/h5-13,22-23H,4,14H2,1-3H3,(H,27,32)/t22-,23+/m1/s1. The van der Waals surface area contributed by atoms with E-state index < -0.39 is 0 Å². The summed E-state index contributed by atoms with van der Waals surface area (Å²) in [6.45, 7) is 6.39. The van der Waals surface area contributed by atoms with Crippen LogP contribution in [0.3, 0.4) is 0 Å². The van der Waals surface area contributed by atoms with Gasteiger partial charge in [0.2, 0.25) is 0 Å². The van der Waals surface area contributed by atoms with Gasteiger partial charge in [-0.25, -0.2) is 0 Å². The Morgan fingerprint density at radius 3 is 2.66 bits per heavy atom. The molecule has 2 aromatic heterocycles. The van der Waals surface area contributed by atoms with Crippen molar-refractivity contribution in [3.05, 3.63) is 81.8 Å². The van der Waals surface area contributed by atoms with Gasteiger partial charge in [0.1, 0.15) is 6.54 Å². The molecule has 0 bridgehead atoms. The summed E-state index contributed by atoms with van der Waals surface area (Å²) >= 11 is 9.34. The van der Waals surface area contributed by atoms with Crippen LogP contribution in [0.4, 0.5) is 0 Å². The van der Waals surface area contributed by atoms with Crippen molar-refractivity contribution in [3.8, 4) is 5.69 Å². The molecular weight excluding hydrogens is 488 g/mol. The number of pyridine rings is 1. The lowest BCUT2D eigenvalue weighted by molar-refractivity contribution is -0.143. The van der Waals surface area contributed by atoms with Gasteiger partial charge in [-0.3, -0.25) is 9.78 Å². The average Bonchev–Trinajstić information content (AvgIpc) is 3.25. The van der Waals surface area contributed by atoms with Crippen LogP contribution in [0.2, 0.25) is 0 Å². The number of hydrogen-bond donors (Lipinski definition) is 1. The zero-order chi connectivity index (χ0) is 22.8. The fourth-order valence-electron chi connectivity index (χ4n) is 4.35. The minimum atomic E-state index is -0.303. The molecule has 6 nitrogen and oxygen atoms in total. The Morgan fingerprint density at radius 1 is 1.22 bits per heavy atom. The van der Waals surface area contributed by atoms with Gasteiger partial charge in [-0.2, -0.15) is 0 Å². The molecule has 1 saturated heterocycles. The van der Waals surface area contributed by atoms with Crippen molar-refractivity contribution in [2.24, 2.45) is 0 Å². The van der Waals surface area contributed by atoms with Crippen LogP contribution in [0.25, 0.3) is 5.69 Å². The summed E-state index contributed by atoms with van der Waals surface area (Å²) in [4.78, 5) is 18.9. The Balaban J connectivity index is 1.83. The Kier molecular flexibility index (Phi) is 6.62. The molecule has 1 fully saturated rings. The van der Waals surface area contributed by atoms with Gasteiger partial charge < -0.3 is 19.5 Å². The molecule has 4 rings (SSSR count). The van der Waals surface area contributed by atoms with Crippen LogP contribution in [-0.4, -0.2) is 38.7 Å². The predicted molar refractivity (Wildman–Crippen MR) is 132 cm³/mol. The number of nitrogens with zero attached hydrogens (tertiary/aromatic N) is 3. The number of carbonyl (C=O) groups is 1. The smallest absolute Gasteiger partial charge is 0.325 e. The third-order valence-corrected chi connectivity index (χ3v) is 6.71. The molecule has 0 aliphatic carbocycles. The van der Waals surface area contributed by atoms with E-state index in [-0.39, 0.29) is 24.6 Å². The second-order valence-corrected chi connectivity index (χ2v) is 8.91. The number of nitrogens with one attached hydrogen (secondary N) is 1. The number of benzene rings is 1. The lowest BCUT2D eigenvalue weighted by atomic mass is 9.97. The van der Waals surface area contributed by atoms with E-state index in [0.29, 0.717) is 11.7 Å². The van der Waals surface area contributed by atoms with E-state index in [0.717, 1.165) is 32.8 Å². The second kappa shape index (κ2) is 9.42. The van der Waals surface area contributed by atoms with Crippen molar-refractivity contribution in [3.63, 3.8) is 0 Å². The van der Waals surface area contributed by atoms with Crippen molar-refractivity contribution in [2.45, 2.75) is 32.9 Å². The first-order chi connectivity index (χ1) is 15.4. The van der Waals surface area contributed by atoms with Gasteiger partial charge in [0.05, 0.1) is 30.1 Å². The summed E-state index contributed by atoms with van der Waals surface area (Å²) in [6.07, 6.45) is 1.77. The zero-order valence-electron chi connectivity index (χ0n) is 18.2. The van der Waals surface area contributed by atoms with Crippen LogP contribution < -0.4 is 5.32 Å². The maximum absolute atomic E-state index is 12.4. The monoisotopic (exact) mass is 512 g/mol. The molecule has 1 N–H and O–H groups in total. The quantitative estimate of drug-likeness (QED) is 0.378. The Hall–Kier alpha value is -2.71. The highest BCUT2D eigenvalue weighted by atomic mass is 79.9. The number of esters is 1. The van der Waals surface area contributed by atoms with Crippen molar-refractivity contribution in [2.75, 3.05) is 13.2 Å². The number of ether oxygens (including phenoxy) is 1. The third kappa shape index (κ3) is 4.17. The van der Waals surface area contributed by atoms with Gasteiger partial charge in [-0.1, -0.05) is 18.2 Å². The number of rotatable bonds is 6. The maximum Gasteiger partial charge on any atom is 0.325 e. The molecule has 0 saturated carbocycles. The van der Waals surface area contributed by atoms with Crippen molar-refractivity contribution in [1.29, 1.82) is 0 Å². The number of para-hydroxylation sites is 1. The van der Waals surface area contributed by atoms with Crippen LogP contribution in [0.5, 0.6) is 0 Å². The van der Waals surface area contributed by atoms with Gasteiger partial charge in [0.15, 0.2) is 5.11 Å². The second-order valence-electron chi connectivity index (χ2n) is 7.67. The van der Waals surface area contributed by atoms with Crippen molar-refractivity contribution >= 4 is 39.2 Å². The highest BCUT2D eigenvalue weighted by Crippen LogP contribution is 2.41. The highest BCUT2D eigenvalue weighted by molar-refractivity contribution is 9.10. The lowest BCUT2D eigenvalue weighted by Crippen LogP contribution is -2.35. The van der Waals surface area contributed by atoms with Gasteiger partial charge in [0, 0.05) is 22.1 Å². The van der Waals surface area contributed by atoms with Crippen LogP contribution in [0.15, 0.2) is 59.2 Å². The number of carbonyl (C=O) groups excluding carboxylic acids is 1. The summed E-state index contributed by atoms with van der Waals surface area (Å²) in [6, 6.07) is 15.7. The molecule has 1 aromatic carbocycles. The van der Waals surface area contributed by atoms with Gasteiger partial charge in [-0.15, -0.1) is 0 Å². The molecule has 3 heterocycles. The van der Waals surface area contributed by atoms with Crippen LogP contribution in [-0.2, 0) is 9.53 Å². The van der Waals surface area contributed by atoms with E-state index in [1.54, 1.807) is 13.1 Å². The van der Waals surface area contributed by atoms with E-state index in [9.17, 15) is 4.79 Å². The first-order valence-corrected chi connectivity index (χ1v) is 11.7. The summed E-state index contributed by atoms with van der Waals surface area (Å²) < 4.78 is 8.46. The topological polar surface area (TPSA) is 59.4 Å². The molecule has 1 aliphatic rings. The molecule has 2 atom stereocenters. The first-order valence-electron chi connectivity index (χ1n) is 10.5. The Morgan fingerprint density at radius 2 is 1.97 bits per heavy atom. The van der Waals surface area contributed by atoms with E-state index in [1.807, 2.05) is 41.3 Å². The average molecular weight is 513 g/mol. The molecule has 32 heavy (non-hydrogen) atoms. The minimum Gasteiger partial charge on any atom is -0.465 e. The molecule has 1 aliphatic heterocycles. The molecule has 0 spiro atoms. The summed E-state index contributed by atoms with van der Waals surface area (Å²) in [5, 5.41) is 3.91. The maximum atomic E-state index is 12.4. The molecule has 0 amide bonds. The number of aromatic nitrogens is 2. The number of hydrogen-bond acceptors (Lipinski definition) is 4. The first kappa shape index (κ1) is 22.5. The van der Waals surface area contributed by atoms with Crippen molar-refractivity contribution in [1.82, 2.24) is 19.8 Å². The fourth-order valence-corrected chi connectivity index (χ4v) is 5.12. The zero-order valence-corrected chi connectivity index (χ0v) is 20.6. The summed E-state index contributed by atoms with van der Waals surface area (Å²) in [7, 11) is 0. The minimum absolute atomic E-state index is 0.0758. The number of halogens is 1. The molecule has 3 aromatic rings. The molecule has 8 heteroatoms. The molecule has 0 radical (unpaired) electrons. The molecule has 0 unspecified atom stereocenters. The van der Waals surface area contributed by atoms with Crippen LogP contribution in [0, 0.1) is 13.8 Å². The number of aryl methyl sites for hydroxylation is 1. The highest BCUT2D eigenvalue weighted by Gasteiger charge is 2.42. The summed E-state index contributed by atoms with van der Waals surface area (Å²) in [5.74, 6) is -0.303. The molecule has 166 valence electrons. The van der Waals surface area contributed by atoms with E-state index in [1.165, 1.54) is 0 Å². The largest absolute Gasteiger partial charge is 0.465 e. The van der Waals surface area contributed by atoms with E-state index in [4.69, 9.17) is 17.0 Å². The van der Waals surface area contributed by atoms with E-state index >= 15 is 0 Å². The fraction of sp³-hybridized carbons (Fsp3) is 0.292. The third-order valence-electron chi connectivity index (χ3n) is 5.68. The predicted octanol–water partition coefficient (Wildman–Crippen LogP) is 4.79. The van der Waals surface area contributed by atoms with Crippen molar-refractivity contribution < 1.29 is 9.53 Å². The van der Waals surface area contributed by atoms with Crippen LogP contribution >= 0.6 is 28.1 Å². The van der Waals surface area contributed by atoms with Gasteiger partial charge in [-0.05, 0) is 84.8 Å². The van der Waals surface area contributed by atoms with Gasteiger partial charge in [0.25, 0.3) is 0 Å². The van der Waals surface area contributed by atoms with E-state index in [2.05, 4.69) is 56.8 Å². The van der Waals surface area contributed by atoms with Gasteiger partial charge >= 0.3 is 5.97 Å². The Bertz CT molecular complexity index is 1150. The summed E-state index contributed by atoms with van der Waals surface area (Å²) in [5.41, 5.74) is 5.20.